The average molecular weight is 306 g/mol. The number of carboxylic acids is 1. The molecule has 0 aliphatic carbocycles. The van der Waals surface area contributed by atoms with Gasteiger partial charge in [-0.25, -0.2) is 4.79 Å². The summed E-state index contributed by atoms with van der Waals surface area (Å²) in [7, 11) is 0. The van der Waals surface area contributed by atoms with Crippen LogP contribution in [0.25, 0.3) is 0 Å². The van der Waals surface area contributed by atoms with Crippen molar-refractivity contribution in [2.24, 2.45) is 5.92 Å². The molecule has 1 atom stereocenters. The first-order valence-electron chi connectivity index (χ1n) is 7.25. The molecule has 0 saturated heterocycles. The fraction of sp³-hybridized carbons (Fsp3) is 0.438. The summed E-state index contributed by atoms with van der Waals surface area (Å²) >= 11 is 0. The smallest absolute Gasteiger partial charge is 0.338 e. The zero-order valence-corrected chi connectivity index (χ0v) is 12.8. The average Bonchev–Trinajstić information content (AvgIpc) is 2.48. The number of carbonyl (C=O) groups excluding carboxylic acids is 3. The maximum absolute atomic E-state index is 11.8. The quantitative estimate of drug-likeness (QED) is 0.732. The molecular formula is C16H20NO5-. The van der Waals surface area contributed by atoms with E-state index < -0.39 is 17.9 Å². The van der Waals surface area contributed by atoms with Crippen molar-refractivity contribution < 1.29 is 24.2 Å². The molecule has 0 spiro atoms. The van der Waals surface area contributed by atoms with Gasteiger partial charge in [-0.3, -0.25) is 4.79 Å². The lowest BCUT2D eigenvalue weighted by atomic mass is 10.0. The molecule has 0 fully saturated rings. The monoisotopic (exact) mass is 306 g/mol. The maximum atomic E-state index is 11.8. The summed E-state index contributed by atoms with van der Waals surface area (Å²) in [6.07, 6.45) is 0.779. The van der Waals surface area contributed by atoms with Crippen LogP contribution in [0, 0.1) is 5.92 Å². The van der Waals surface area contributed by atoms with E-state index in [0.29, 0.717) is 24.3 Å². The second-order valence-corrected chi connectivity index (χ2v) is 4.81. The van der Waals surface area contributed by atoms with Gasteiger partial charge in [-0.2, -0.15) is 0 Å². The topological polar surface area (TPSA) is 95.5 Å². The first-order chi connectivity index (χ1) is 10.5. The third kappa shape index (κ3) is 5.55. The molecule has 0 unspecified atom stereocenters. The minimum atomic E-state index is -1.13. The molecule has 1 aromatic carbocycles. The number of carboxylic acid groups (broad SMARTS) is 1. The van der Waals surface area contributed by atoms with Crippen LogP contribution in [0.3, 0.4) is 0 Å². The highest BCUT2D eigenvalue weighted by Crippen LogP contribution is 2.14. The van der Waals surface area contributed by atoms with Crippen molar-refractivity contribution in [2.75, 3.05) is 11.9 Å². The number of anilines is 1. The van der Waals surface area contributed by atoms with Crippen molar-refractivity contribution in [3.8, 4) is 0 Å². The van der Waals surface area contributed by atoms with Gasteiger partial charge in [0.15, 0.2) is 0 Å². The maximum Gasteiger partial charge on any atom is 0.338 e. The fourth-order valence-electron chi connectivity index (χ4n) is 1.92. The SMILES string of the molecule is CCOC(=O)c1ccc(NC(=O)CC[C@@H](CC)C(=O)[O-])cc1. The highest BCUT2D eigenvalue weighted by Gasteiger charge is 2.11. The summed E-state index contributed by atoms with van der Waals surface area (Å²) < 4.78 is 4.86. The van der Waals surface area contributed by atoms with E-state index in [9.17, 15) is 19.5 Å². The Balaban J connectivity index is 2.51. The van der Waals surface area contributed by atoms with E-state index in [0.717, 1.165) is 0 Å². The Morgan fingerprint density at radius 2 is 1.82 bits per heavy atom. The summed E-state index contributed by atoms with van der Waals surface area (Å²) in [5, 5.41) is 13.4. The van der Waals surface area contributed by atoms with E-state index in [1.807, 2.05) is 0 Å². The molecule has 1 amide bonds. The van der Waals surface area contributed by atoms with Crippen LogP contribution < -0.4 is 10.4 Å². The van der Waals surface area contributed by atoms with E-state index in [1.165, 1.54) is 0 Å². The van der Waals surface area contributed by atoms with Crippen molar-refractivity contribution in [2.45, 2.75) is 33.1 Å². The molecule has 0 heterocycles. The summed E-state index contributed by atoms with van der Waals surface area (Å²) in [6.45, 7) is 3.77. The molecule has 0 aromatic heterocycles. The molecule has 120 valence electrons. The summed E-state index contributed by atoms with van der Waals surface area (Å²) in [4.78, 5) is 34.0. The summed E-state index contributed by atoms with van der Waals surface area (Å²) in [6, 6.07) is 6.31. The Labute approximate surface area is 129 Å². The lowest BCUT2D eigenvalue weighted by molar-refractivity contribution is -0.311. The van der Waals surface area contributed by atoms with Crippen LogP contribution in [0.4, 0.5) is 5.69 Å². The zero-order chi connectivity index (χ0) is 16.5. The second-order valence-electron chi connectivity index (χ2n) is 4.81. The number of aliphatic carboxylic acids is 1. The van der Waals surface area contributed by atoms with Crippen LogP contribution in [0.1, 0.15) is 43.5 Å². The normalized spacial score (nSPS) is 11.5. The van der Waals surface area contributed by atoms with Crippen molar-refractivity contribution >= 4 is 23.5 Å². The minimum Gasteiger partial charge on any atom is -0.550 e. The van der Waals surface area contributed by atoms with Crippen LogP contribution in [0.5, 0.6) is 0 Å². The van der Waals surface area contributed by atoms with Crippen LogP contribution in [-0.2, 0) is 14.3 Å². The van der Waals surface area contributed by atoms with Gasteiger partial charge in [-0.05, 0) is 49.9 Å². The Hall–Kier alpha value is -2.37. The molecule has 0 radical (unpaired) electrons. The minimum absolute atomic E-state index is 0.103. The number of amides is 1. The van der Waals surface area contributed by atoms with Gasteiger partial charge in [-0.15, -0.1) is 0 Å². The molecule has 1 aromatic rings. The van der Waals surface area contributed by atoms with Crippen LogP contribution in [-0.4, -0.2) is 24.5 Å². The van der Waals surface area contributed by atoms with Gasteiger partial charge in [0.2, 0.25) is 5.91 Å². The van der Waals surface area contributed by atoms with Gasteiger partial charge in [0.25, 0.3) is 0 Å². The number of hydrogen-bond donors (Lipinski definition) is 1. The van der Waals surface area contributed by atoms with E-state index >= 15 is 0 Å². The summed E-state index contributed by atoms with van der Waals surface area (Å²) in [5.41, 5.74) is 0.947. The third-order valence-electron chi connectivity index (χ3n) is 3.23. The van der Waals surface area contributed by atoms with Gasteiger partial charge in [0, 0.05) is 18.1 Å². The molecule has 0 saturated carbocycles. The second kappa shape index (κ2) is 8.81. The molecule has 6 heteroatoms. The Morgan fingerprint density at radius 3 is 2.32 bits per heavy atom. The Kier molecular flexibility index (Phi) is 7.08. The van der Waals surface area contributed by atoms with Crippen LogP contribution in [0.2, 0.25) is 0 Å². The molecular weight excluding hydrogens is 286 g/mol. The molecule has 1 N–H and O–H groups in total. The molecule has 1 rings (SSSR count). The lowest BCUT2D eigenvalue weighted by Crippen LogP contribution is -2.31. The molecule has 0 bridgehead atoms. The first kappa shape index (κ1) is 17.7. The van der Waals surface area contributed by atoms with Gasteiger partial charge >= 0.3 is 5.97 Å². The first-order valence-corrected chi connectivity index (χ1v) is 7.25. The van der Waals surface area contributed by atoms with Crippen LogP contribution >= 0.6 is 0 Å². The third-order valence-corrected chi connectivity index (χ3v) is 3.23. The van der Waals surface area contributed by atoms with Crippen molar-refractivity contribution in [3.63, 3.8) is 0 Å². The largest absolute Gasteiger partial charge is 0.550 e. The highest BCUT2D eigenvalue weighted by molar-refractivity contribution is 5.93. The molecule has 0 aliphatic rings. The highest BCUT2D eigenvalue weighted by atomic mass is 16.5. The van der Waals surface area contributed by atoms with Gasteiger partial charge < -0.3 is 20.0 Å². The van der Waals surface area contributed by atoms with Gasteiger partial charge in [-0.1, -0.05) is 6.92 Å². The zero-order valence-electron chi connectivity index (χ0n) is 12.8. The number of carbonyl (C=O) groups is 3. The van der Waals surface area contributed by atoms with Gasteiger partial charge in [0.05, 0.1) is 12.2 Å². The number of ether oxygens (including phenoxy) is 1. The Morgan fingerprint density at radius 1 is 1.18 bits per heavy atom. The van der Waals surface area contributed by atoms with E-state index in [1.54, 1.807) is 38.1 Å². The Bertz CT molecular complexity index is 524. The van der Waals surface area contributed by atoms with Gasteiger partial charge in [0.1, 0.15) is 0 Å². The van der Waals surface area contributed by atoms with E-state index in [2.05, 4.69) is 5.32 Å². The fourth-order valence-corrected chi connectivity index (χ4v) is 1.92. The van der Waals surface area contributed by atoms with Crippen molar-refractivity contribution in [3.05, 3.63) is 29.8 Å². The van der Waals surface area contributed by atoms with E-state index in [-0.39, 0.29) is 18.7 Å². The van der Waals surface area contributed by atoms with Crippen molar-refractivity contribution in [1.82, 2.24) is 0 Å². The number of benzene rings is 1. The molecule has 6 nitrogen and oxygen atoms in total. The van der Waals surface area contributed by atoms with Crippen molar-refractivity contribution in [1.29, 1.82) is 0 Å². The van der Waals surface area contributed by atoms with Crippen LogP contribution in [0.15, 0.2) is 24.3 Å². The number of rotatable bonds is 8. The predicted molar refractivity (Wildman–Crippen MR) is 79.1 cm³/mol. The predicted octanol–water partition coefficient (Wildman–Crippen LogP) is 1.36. The number of nitrogens with one attached hydrogen (secondary N) is 1. The number of hydrogen-bond acceptors (Lipinski definition) is 5. The standard InChI is InChI=1S/C16H21NO5/c1-3-11(15(19)20)7-10-14(18)17-13-8-5-12(6-9-13)16(21)22-4-2/h5-6,8-9,11H,3-4,7,10H2,1-2H3,(H,17,18)(H,19,20)/p-1/t11-/m1/s1. The number of esters is 1. The molecule has 0 aliphatic heterocycles. The summed E-state index contributed by atoms with van der Waals surface area (Å²) in [5.74, 6) is -2.44. The van der Waals surface area contributed by atoms with E-state index in [4.69, 9.17) is 4.74 Å². The lowest BCUT2D eigenvalue weighted by Gasteiger charge is -2.15. The molecule has 22 heavy (non-hydrogen) atoms.